The fourth-order valence-electron chi connectivity index (χ4n) is 1.97. The van der Waals surface area contributed by atoms with Crippen molar-refractivity contribution >= 4 is 17.9 Å². The van der Waals surface area contributed by atoms with Gasteiger partial charge in [0.05, 0.1) is 27.8 Å². The van der Waals surface area contributed by atoms with Crippen molar-refractivity contribution in [2.24, 2.45) is 0 Å². The largest absolute Gasteiger partial charge is 0.493 e. The Kier molecular flexibility index (Phi) is 8.04. The van der Waals surface area contributed by atoms with E-state index in [1.165, 1.54) is 21.3 Å². The highest BCUT2D eigenvalue weighted by molar-refractivity contribution is 5.95. The number of amides is 3. The van der Waals surface area contributed by atoms with Crippen molar-refractivity contribution in [3.8, 4) is 17.2 Å². The summed E-state index contributed by atoms with van der Waals surface area (Å²) in [6.07, 6.45) is -0.106. The standard InChI is InChI=1S/C16H22N2O7/c1-5-17-16(21)18-13(19)9-25-14(20)8-10-6-11(22-2)15(24-4)12(7-10)23-3/h6-7H,5,8-9H2,1-4H3,(H2,17,18,19,21). The maximum Gasteiger partial charge on any atom is 0.321 e. The normalized spacial score (nSPS) is 9.76. The second kappa shape index (κ2) is 10.0. The monoisotopic (exact) mass is 354 g/mol. The van der Waals surface area contributed by atoms with Gasteiger partial charge in [0, 0.05) is 6.54 Å². The van der Waals surface area contributed by atoms with Crippen molar-refractivity contribution in [3.05, 3.63) is 17.7 Å². The molecule has 0 fully saturated rings. The molecular weight excluding hydrogens is 332 g/mol. The van der Waals surface area contributed by atoms with Gasteiger partial charge < -0.3 is 24.3 Å². The minimum atomic E-state index is -0.718. The molecule has 1 aromatic carbocycles. The molecule has 0 unspecified atom stereocenters. The third-order valence-electron chi connectivity index (χ3n) is 3.03. The van der Waals surface area contributed by atoms with Crippen molar-refractivity contribution in [2.45, 2.75) is 13.3 Å². The van der Waals surface area contributed by atoms with E-state index in [1.807, 2.05) is 5.32 Å². The maximum absolute atomic E-state index is 11.9. The quantitative estimate of drug-likeness (QED) is 0.659. The number of esters is 1. The summed E-state index contributed by atoms with van der Waals surface area (Å²) in [6.45, 7) is 1.53. The summed E-state index contributed by atoms with van der Waals surface area (Å²) in [7, 11) is 4.40. The van der Waals surface area contributed by atoms with E-state index in [-0.39, 0.29) is 6.42 Å². The lowest BCUT2D eigenvalue weighted by Gasteiger charge is -2.14. The second-order valence-corrected chi connectivity index (χ2v) is 4.78. The number of hydrogen-bond donors (Lipinski definition) is 2. The zero-order valence-electron chi connectivity index (χ0n) is 14.6. The highest BCUT2D eigenvalue weighted by Gasteiger charge is 2.16. The van der Waals surface area contributed by atoms with E-state index < -0.39 is 24.5 Å². The van der Waals surface area contributed by atoms with Crippen LogP contribution in [-0.2, 0) is 20.7 Å². The summed E-state index contributed by atoms with van der Waals surface area (Å²) in [6, 6.07) is 2.57. The smallest absolute Gasteiger partial charge is 0.321 e. The Morgan fingerprint density at radius 2 is 1.60 bits per heavy atom. The van der Waals surface area contributed by atoms with E-state index in [0.717, 1.165) is 0 Å². The van der Waals surface area contributed by atoms with Crippen LogP contribution >= 0.6 is 0 Å². The Morgan fingerprint density at radius 1 is 1.00 bits per heavy atom. The summed E-state index contributed by atoms with van der Waals surface area (Å²) in [4.78, 5) is 34.5. The van der Waals surface area contributed by atoms with Gasteiger partial charge in [-0.25, -0.2) is 4.79 Å². The number of ether oxygens (including phenoxy) is 4. The molecule has 9 heteroatoms. The molecule has 3 amide bonds. The van der Waals surface area contributed by atoms with Crippen LogP contribution in [0.1, 0.15) is 12.5 Å². The van der Waals surface area contributed by atoms with Gasteiger partial charge in [-0.2, -0.15) is 0 Å². The van der Waals surface area contributed by atoms with E-state index in [9.17, 15) is 14.4 Å². The molecule has 1 aromatic rings. The van der Waals surface area contributed by atoms with E-state index in [4.69, 9.17) is 18.9 Å². The van der Waals surface area contributed by atoms with Crippen LogP contribution < -0.4 is 24.8 Å². The molecule has 0 aliphatic rings. The van der Waals surface area contributed by atoms with Gasteiger partial charge in [-0.15, -0.1) is 0 Å². The van der Waals surface area contributed by atoms with Crippen molar-refractivity contribution in [1.29, 1.82) is 0 Å². The number of nitrogens with one attached hydrogen (secondary N) is 2. The van der Waals surface area contributed by atoms with Crippen LogP contribution in [0.4, 0.5) is 4.79 Å². The molecule has 0 radical (unpaired) electrons. The lowest BCUT2D eigenvalue weighted by molar-refractivity contribution is -0.147. The molecule has 0 aromatic heterocycles. The molecule has 0 saturated carbocycles. The molecular formula is C16H22N2O7. The topological polar surface area (TPSA) is 112 Å². The molecule has 0 saturated heterocycles. The molecule has 25 heavy (non-hydrogen) atoms. The number of rotatable bonds is 8. The predicted octanol–water partition coefficient (Wildman–Crippen LogP) is 0.644. The number of hydrogen-bond acceptors (Lipinski definition) is 7. The molecule has 2 N–H and O–H groups in total. The maximum atomic E-state index is 11.9. The molecule has 138 valence electrons. The van der Waals surface area contributed by atoms with E-state index in [1.54, 1.807) is 19.1 Å². The summed E-state index contributed by atoms with van der Waals surface area (Å²) in [5.41, 5.74) is 0.559. The molecule has 1 rings (SSSR count). The van der Waals surface area contributed by atoms with Crippen LogP contribution in [0.2, 0.25) is 0 Å². The van der Waals surface area contributed by atoms with Crippen LogP contribution in [0.5, 0.6) is 17.2 Å². The lowest BCUT2D eigenvalue weighted by atomic mass is 10.1. The lowest BCUT2D eigenvalue weighted by Crippen LogP contribution is -2.41. The second-order valence-electron chi connectivity index (χ2n) is 4.78. The van der Waals surface area contributed by atoms with Gasteiger partial charge in [0.1, 0.15) is 0 Å². The Balaban J connectivity index is 2.65. The number of carbonyl (C=O) groups is 3. The van der Waals surface area contributed by atoms with Gasteiger partial charge in [0.25, 0.3) is 5.91 Å². The van der Waals surface area contributed by atoms with Crippen molar-refractivity contribution in [1.82, 2.24) is 10.6 Å². The summed E-state index contributed by atoms with van der Waals surface area (Å²) in [5, 5.41) is 4.42. The highest BCUT2D eigenvalue weighted by Crippen LogP contribution is 2.38. The molecule has 9 nitrogen and oxygen atoms in total. The first kappa shape index (κ1) is 20.1. The molecule has 0 heterocycles. The van der Waals surface area contributed by atoms with Crippen LogP contribution in [-0.4, -0.2) is 52.4 Å². The number of carbonyl (C=O) groups excluding carboxylic acids is 3. The van der Waals surface area contributed by atoms with Gasteiger partial charge in [-0.05, 0) is 24.6 Å². The minimum Gasteiger partial charge on any atom is -0.493 e. The highest BCUT2D eigenvalue weighted by atomic mass is 16.5. The van der Waals surface area contributed by atoms with Crippen LogP contribution in [0.25, 0.3) is 0 Å². The average Bonchev–Trinajstić information content (AvgIpc) is 2.59. The van der Waals surface area contributed by atoms with Crippen LogP contribution in [0, 0.1) is 0 Å². The van der Waals surface area contributed by atoms with Crippen LogP contribution in [0.15, 0.2) is 12.1 Å². The summed E-state index contributed by atoms with van der Waals surface area (Å²) < 4.78 is 20.4. The van der Waals surface area contributed by atoms with Crippen molar-refractivity contribution in [3.63, 3.8) is 0 Å². The summed E-state index contributed by atoms with van der Waals surface area (Å²) >= 11 is 0. The SMILES string of the molecule is CCNC(=O)NC(=O)COC(=O)Cc1cc(OC)c(OC)c(OC)c1. The van der Waals surface area contributed by atoms with Gasteiger partial charge in [0.15, 0.2) is 18.1 Å². The predicted molar refractivity (Wildman–Crippen MR) is 88.0 cm³/mol. The molecule has 0 spiro atoms. The average molecular weight is 354 g/mol. The molecule has 0 aliphatic heterocycles. The third kappa shape index (κ3) is 6.21. The van der Waals surface area contributed by atoms with Crippen molar-refractivity contribution < 1.29 is 33.3 Å². The molecule has 0 atom stereocenters. The zero-order valence-corrected chi connectivity index (χ0v) is 14.6. The third-order valence-corrected chi connectivity index (χ3v) is 3.03. The number of methoxy groups -OCH3 is 3. The Bertz CT molecular complexity index is 606. The van der Waals surface area contributed by atoms with E-state index in [0.29, 0.717) is 29.4 Å². The summed E-state index contributed by atoms with van der Waals surface area (Å²) in [5.74, 6) is -0.148. The molecule has 0 bridgehead atoms. The van der Waals surface area contributed by atoms with Crippen molar-refractivity contribution in [2.75, 3.05) is 34.5 Å². The van der Waals surface area contributed by atoms with E-state index in [2.05, 4.69) is 5.32 Å². The van der Waals surface area contributed by atoms with E-state index >= 15 is 0 Å². The first-order valence-corrected chi connectivity index (χ1v) is 7.47. The first-order chi connectivity index (χ1) is 11.9. The Morgan fingerprint density at radius 3 is 2.08 bits per heavy atom. The Labute approximate surface area is 145 Å². The molecule has 0 aliphatic carbocycles. The Hall–Kier alpha value is -2.97. The van der Waals surface area contributed by atoms with Gasteiger partial charge >= 0.3 is 12.0 Å². The fraction of sp³-hybridized carbons (Fsp3) is 0.438. The van der Waals surface area contributed by atoms with Gasteiger partial charge in [-0.3, -0.25) is 14.9 Å². The number of benzene rings is 1. The number of urea groups is 1. The minimum absolute atomic E-state index is 0.106. The zero-order chi connectivity index (χ0) is 18.8. The van der Waals surface area contributed by atoms with Crippen LogP contribution in [0.3, 0.4) is 0 Å². The number of imide groups is 1. The van der Waals surface area contributed by atoms with Gasteiger partial charge in [0.2, 0.25) is 5.75 Å². The van der Waals surface area contributed by atoms with Gasteiger partial charge in [-0.1, -0.05) is 0 Å². The fourth-order valence-corrected chi connectivity index (χ4v) is 1.97. The first-order valence-electron chi connectivity index (χ1n) is 7.47.